The van der Waals surface area contributed by atoms with Gasteiger partial charge in [0.05, 0.1) is 11.8 Å². The van der Waals surface area contributed by atoms with Crippen molar-refractivity contribution in [1.29, 1.82) is 0 Å². The van der Waals surface area contributed by atoms with Crippen LogP contribution in [0, 0.1) is 0 Å². The summed E-state index contributed by atoms with van der Waals surface area (Å²) in [6.07, 6.45) is 7.81. The lowest BCUT2D eigenvalue weighted by Crippen LogP contribution is -2.42. The highest BCUT2D eigenvalue weighted by Gasteiger charge is 2.35. The van der Waals surface area contributed by atoms with E-state index in [1.807, 2.05) is 4.90 Å². The molecule has 1 N–H and O–H groups in total. The molecule has 0 bridgehead atoms. The third kappa shape index (κ3) is 2.36. The molecule has 0 radical (unpaired) electrons. The molecule has 17 heavy (non-hydrogen) atoms. The van der Waals surface area contributed by atoms with E-state index in [0.717, 1.165) is 25.9 Å². The summed E-state index contributed by atoms with van der Waals surface area (Å²) in [7, 11) is 0. The number of amides is 1. The maximum atomic E-state index is 12.3. The Kier molecular flexibility index (Phi) is 2.89. The first-order valence-electron chi connectivity index (χ1n) is 6.41. The molecular formula is C13H18N2O2. The molecule has 0 spiro atoms. The van der Waals surface area contributed by atoms with E-state index in [-0.39, 0.29) is 5.91 Å². The molecule has 0 aromatic carbocycles. The highest BCUT2D eigenvalue weighted by Crippen LogP contribution is 2.29. The Morgan fingerprint density at radius 3 is 2.94 bits per heavy atom. The van der Waals surface area contributed by atoms with Crippen LogP contribution < -0.4 is 5.32 Å². The highest BCUT2D eigenvalue weighted by atomic mass is 16.3. The number of carbonyl (C=O) groups excluding carboxylic acids is 1. The molecule has 2 fully saturated rings. The van der Waals surface area contributed by atoms with E-state index in [2.05, 4.69) is 5.32 Å². The van der Waals surface area contributed by atoms with Crippen LogP contribution in [0.25, 0.3) is 0 Å². The van der Waals surface area contributed by atoms with Gasteiger partial charge in [0.25, 0.3) is 5.91 Å². The van der Waals surface area contributed by atoms with Gasteiger partial charge in [-0.05, 0) is 38.3 Å². The SMILES string of the molecule is O=C(c1ccoc1)N(CC1CCCN1)C1CC1. The number of carbonyl (C=O) groups is 1. The molecule has 2 heterocycles. The van der Waals surface area contributed by atoms with Gasteiger partial charge < -0.3 is 14.6 Å². The average Bonchev–Trinajstić information content (AvgIpc) is 2.86. The van der Waals surface area contributed by atoms with Crippen molar-refractivity contribution >= 4 is 5.91 Å². The summed E-state index contributed by atoms with van der Waals surface area (Å²) in [4.78, 5) is 14.3. The van der Waals surface area contributed by atoms with Crippen molar-refractivity contribution in [2.24, 2.45) is 0 Å². The van der Waals surface area contributed by atoms with Crippen LogP contribution in [0.15, 0.2) is 23.0 Å². The van der Waals surface area contributed by atoms with Gasteiger partial charge in [-0.15, -0.1) is 0 Å². The maximum Gasteiger partial charge on any atom is 0.257 e. The summed E-state index contributed by atoms with van der Waals surface area (Å²) >= 11 is 0. The zero-order valence-corrected chi connectivity index (χ0v) is 9.89. The molecule has 1 aliphatic heterocycles. The molecule has 4 heteroatoms. The van der Waals surface area contributed by atoms with Gasteiger partial charge >= 0.3 is 0 Å². The monoisotopic (exact) mass is 234 g/mol. The van der Waals surface area contributed by atoms with Crippen LogP contribution in [0.5, 0.6) is 0 Å². The minimum atomic E-state index is 0.120. The topological polar surface area (TPSA) is 45.5 Å². The molecule has 1 unspecified atom stereocenters. The van der Waals surface area contributed by atoms with Gasteiger partial charge in [0.1, 0.15) is 6.26 Å². The maximum absolute atomic E-state index is 12.3. The molecule has 1 aromatic heterocycles. The van der Waals surface area contributed by atoms with Crippen LogP contribution in [-0.4, -0.2) is 36.0 Å². The molecular weight excluding hydrogens is 216 g/mol. The van der Waals surface area contributed by atoms with Gasteiger partial charge in [0.2, 0.25) is 0 Å². The van der Waals surface area contributed by atoms with E-state index in [0.29, 0.717) is 17.6 Å². The standard InChI is InChI=1S/C13H18N2O2/c16-13(10-5-7-17-9-10)15(12-3-4-12)8-11-2-1-6-14-11/h5,7,9,11-12,14H,1-4,6,8H2. The summed E-state index contributed by atoms with van der Waals surface area (Å²) in [6.45, 7) is 1.93. The summed E-state index contributed by atoms with van der Waals surface area (Å²) in [6, 6.07) is 2.69. The van der Waals surface area contributed by atoms with E-state index in [1.54, 1.807) is 18.6 Å². The van der Waals surface area contributed by atoms with E-state index >= 15 is 0 Å². The Morgan fingerprint density at radius 2 is 2.35 bits per heavy atom. The van der Waals surface area contributed by atoms with Crippen molar-refractivity contribution in [1.82, 2.24) is 10.2 Å². The van der Waals surface area contributed by atoms with Crippen LogP contribution >= 0.6 is 0 Å². The normalized spacial score (nSPS) is 23.9. The minimum absolute atomic E-state index is 0.120. The summed E-state index contributed by atoms with van der Waals surface area (Å²) in [5.74, 6) is 0.120. The highest BCUT2D eigenvalue weighted by molar-refractivity contribution is 5.94. The second-order valence-corrected chi connectivity index (χ2v) is 4.99. The van der Waals surface area contributed by atoms with Gasteiger partial charge in [-0.3, -0.25) is 4.79 Å². The number of hydrogen-bond donors (Lipinski definition) is 1. The lowest BCUT2D eigenvalue weighted by molar-refractivity contribution is 0.0728. The molecule has 1 saturated carbocycles. The molecule has 1 amide bonds. The number of nitrogens with one attached hydrogen (secondary N) is 1. The van der Waals surface area contributed by atoms with Crippen molar-refractivity contribution in [3.05, 3.63) is 24.2 Å². The molecule has 2 aliphatic rings. The predicted octanol–water partition coefficient (Wildman–Crippen LogP) is 1.64. The molecule has 1 aliphatic carbocycles. The average molecular weight is 234 g/mol. The van der Waals surface area contributed by atoms with E-state index in [4.69, 9.17) is 4.42 Å². The van der Waals surface area contributed by atoms with E-state index in [9.17, 15) is 4.79 Å². The largest absolute Gasteiger partial charge is 0.472 e. The summed E-state index contributed by atoms with van der Waals surface area (Å²) in [5, 5.41) is 3.45. The van der Waals surface area contributed by atoms with Gasteiger partial charge in [0.15, 0.2) is 0 Å². The second-order valence-electron chi connectivity index (χ2n) is 4.99. The van der Waals surface area contributed by atoms with Gasteiger partial charge in [-0.2, -0.15) is 0 Å². The molecule has 3 rings (SSSR count). The van der Waals surface area contributed by atoms with Crippen molar-refractivity contribution in [3.8, 4) is 0 Å². The first kappa shape index (κ1) is 10.8. The number of furan rings is 1. The fourth-order valence-corrected chi connectivity index (χ4v) is 2.49. The lowest BCUT2D eigenvalue weighted by atomic mass is 10.2. The van der Waals surface area contributed by atoms with Crippen LogP contribution in [0.4, 0.5) is 0 Å². The Labute approximate surface area is 101 Å². The molecule has 1 atom stereocenters. The Bertz CT molecular complexity index is 378. The van der Waals surface area contributed by atoms with Crippen molar-refractivity contribution in [3.63, 3.8) is 0 Å². The number of hydrogen-bond acceptors (Lipinski definition) is 3. The van der Waals surface area contributed by atoms with Crippen LogP contribution in [0.2, 0.25) is 0 Å². The van der Waals surface area contributed by atoms with Crippen LogP contribution in [-0.2, 0) is 0 Å². The Hall–Kier alpha value is -1.29. The third-order valence-electron chi connectivity index (χ3n) is 3.60. The fourth-order valence-electron chi connectivity index (χ4n) is 2.49. The molecule has 1 aromatic rings. The number of nitrogens with zero attached hydrogens (tertiary/aromatic N) is 1. The van der Waals surface area contributed by atoms with Crippen LogP contribution in [0.3, 0.4) is 0 Å². The number of rotatable bonds is 4. The minimum Gasteiger partial charge on any atom is -0.472 e. The van der Waals surface area contributed by atoms with E-state index < -0.39 is 0 Å². The van der Waals surface area contributed by atoms with Crippen LogP contribution in [0.1, 0.15) is 36.0 Å². The fraction of sp³-hybridized carbons (Fsp3) is 0.615. The zero-order chi connectivity index (χ0) is 11.7. The van der Waals surface area contributed by atoms with E-state index in [1.165, 1.54) is 12.8 Å². The third-order valence-corrected chi connectivity index (χ3v) is 3.60. The molecule has 4 nitrogen and oxygen atoms in total. The smallest absolute Gasteiger partial charge is 0.257 e. The van der Waals surface area contributed by atoms with Gasteiger partial charge in [-0.1, -0.05) is 0 Å². The summed E-state index contributed by atoms with van der Waals surface area (Å²) in [5.41, 5.74) is 0.676. The summed E-state index contributed by atoms with van der Waals surface area (Å²) < 4.78 is 4.99. The quantitative estimate of drug-likeness (QED) is 0.861. The second kappa shape index (κ2) is 4.53. The lowest BCUT2D eigenvalue weighted by Gasteiger charge is -2.25. The molecule has 1 saturated heterocycles. The van der Waals surface area contributed by atoms with Crippen molar-refractivity contribution in [2.45, 2.75) is 37.8 Å². The van der Waals surface area contributed by atoms with Crippen molar-refractivity contribution in [2.75, 3.05) is 13.1 Å². The van der Waals surface area contributed by atoms with Crippen molar-refractivity contribution < 1.29 is 9.21 Å². The van der Waals surface area contributed by atoms with Gasteiger partial charge in [0, 0.05) is 18.6 Å². The Morgan fingerprint density at radius 1 is 1.47 bits per heavy atom. The zero-order valence-electron chi connectivity index (χ0n) is 9.89. The first-order chi connectivity index (χ1) is 8.34. The predicted molar refractivity (Wildman–Crippen MR) is 63.8 cm³/mol. The van der Waals surface area contributed by atoms with Gasteiger partial charge in [-0.25, -0.2) is 0 Å². The Balaban J connectivity index is 1.69. The molecule has 92 valence electrons. The first-order valence-corrected chi connectivity index (χ1v) is 6.41.